The Morgan fingerprint density at radius 1 is 1.04 bits per heavy atom. The molecular weight excluding hydrogens is 284 g/mol. The van der Waals surface area contributed by atoms with Gasteiger partial charge in [0.1, 0.15) is 0 Å². The maximum Gasteiger partial charge on any atom is 0.221 e. The summed E-state index contributed by atoms with van der Waals surface area (Å²) in [7, 11) is 0. The van der Waals surface area contributed by atoms with Gasteiger partial charge in [-0.1, -0.05) is 42.5 Å². The van der Waals surface area contributed by atoms with Crippen LogP contribution in [-0.2, 0) is 11.3 Å². The summed E-state index contributed by atoms with van der Waals surface area (Å²) in [6.07, 6.45) is 2.46. The van der Waals surface area contributed by atoms with Gasteiger partial charge in [0, 0.05) is 19.2 Å². The van der Waals surface area contributed by atoms with Crippen LogP contribution in [0.5, 0.6) is 0 Å². The molecule has 1 N–H and O–H groups in total. The fourth-order valence-electron chi connectivity index (χ4n) is 3.30. The molecule has 0 saturated carbocycles. The van der Waals surface area contributed by atoms with Crippen molar-refractivity contribution in [1.82, 2.24) is 4.90 Å². The van der Waals surface area contributed by atoms with Gasteiger partial charge in [-0.3, -0.25) is 9.69 Å². The second-order valence-electron chi connectivity index (χ2n) is 6.34. The van der Waals surface area contributed by atoms with Crippen LogP contribution in [0.1, 0.15) is 36.8 Å². The van der Waals surface area contributed by atoms with Crippen molar-refractivity contribution in [3.63, 3.8) is 0 Å². The van der Waals surface area contributed by atoms with Gasteiger partial charge in [-0.05, 0) is 55.1 Å². The number of hydrogen-bond acceptors (Lipinski definition) is 2. The maximum absolute atomic E-state index is 11.0. The van der Waals surface area contributed by atoms with Gasteiger partial charge in [-0.2, -0.15) is 0 Å². The lowest BCUT2D eigenvalue weighted by atomic mass is 9.89. The summed E-state index contributed by atoms with van der Waals surface area (Å²) in [6, 6.07) is 19.0. The molecule has 0 aromatic heterocycles. The summed E-state index contributed by atoms with van der Waals surface area (Å²) in [6.45, 7) is 4.81. The molecule has 1 fully saturated rings. The first-order chi connectivity index (χ1) is 11.2. The molecule has 0 unspecified atom stereocenters. The minimum absolute atomic E-state index is 0.0271. The maximum atomic E-state index is 11.0. The van der Waals surface area contributed by atoms with Crippen LogP contribution in [0.2, 0.25) is 0 Å². The highest BCUT2D eigenvalue weighted by Gasteiger charge is 2.20. The second kappa shape index (κ2) is 7.42. The molecule has 3 rings (SSSR count). The summed E-state index contributed by atoms with van der Waals surface area (Å²) >= 11 is 0. The zero-order valence-electron chi connectivity index (χ0n) is 13.7. The zero-order valence-corrected chi connectivity index (χ0v) is 13.7. The third-order valence-electron chi connectivity index (χ3n) is 4.54. The monoisotopic (exact) mass is 308 g/mol. The number of nitrogens with zero attached hydrogens (tertiary/aromatic N) is 1. The SMILES string of the molecule is CC(=O)Nc1ccc(CN2CCC(c3ccccc3)CC2)cc1. The third-order valence-corrected chi connectivity index (χ3v) is 4.54. The van der Waals surface area contributed by atoms with E-state index in [2.05, 4.69) is 52.7 Å². The van der Waals surface area contributed by atoms with Gasteiger partial charge in [0.05, 0.1) is 0 Å². The number of nitrogens with one attached hydrogen (secondary N) is 1. The van der Waals surface area contributed by atoms with Crippen LogP contribution in [0.3, 0.4) is 0 Å². The van der Waals surface area contributed by atoms with E-state index in [9.17, 15) is 4.79 Å². The molecule has 0 bridgehead atoms. The fraction of sp³-hybridized carbons (Fsp3) is 0.350. The number of carbonyl (C=O) groups excluding carboxylic acids is 1. The number of hydrogen-bond donors (Lipinski definition) is 1. The van der Waals surface area contributed by atoms with Crippen molar-refractivity contribution in [2.75, 3.05) is 18.4 Å². The van der Waals surface area contributed by atoms with E-state index in [0.29, 0.717) is 5.92 Å². The van der Waals surface area contributed by atoms with Crippen molar-refractivity contribution in [3.8, 4) is 0 Å². The first-order valence-corrected chi connectivity index (χ1v) is 8.34. The lowest BCUT2D eigenvalue weighted by Crippen LogP contribution is -2.32. The van der Waals surface area contributed by atoms with E-state index >= 15 is 0 Å². The quantitative estimate of drug-likeness (QED) is 0.925. The van der Waals surface area contributed by atoms with E-state index in [-0.39, 0.29) is 5.91 Å². The van der Waals surface area contributed by atoms with Crippen LogP contribution < -0.4 is 5.32 Å². The Bertz CT molecular complexity index is 628. The average Bonchev–Trinajstić information content (AvgIpc) is 2.58. The summed E-state index contributed by atoms with van der Waals surface area (Å²) in [4.78, 5) is 13.6. The van der Waals surface area contributed by atoms with Gasteiger partial charge in [0.2, 0.25) is 5.91 Å². The summed E-state index contributed by atoms with van der Waals surface area (Å²) in [5.41, 5.74) is 3.65. The molecule has 1 saturated heterocycles. The van der Waals surface area contributed by atoms with Gasteiger partial charge < -0.3 is 5.32 Å². The molecule has 0 spiro atoms. The van der Waals surface area contributed by atoms with Gasteiger partial charge >= 0.3 is 0 Å². The van der Waals surface area contributed by atoms with Crippen molar-refractivity contribution >= 4 is 11.6 Å². The van der Waals surface area contributed by atoms with Gasteiger partial charge in [0.15, 0.2) is 0 Å². The summed E-state index contributed by atoms with van der Waals surface area (Å²) < 4.78 is 0. The highest BCUT2D eigenvalue weighted by atomic mass is 16.1. The average molecular weight is 308 g/mol. The van der Waals surface area contributed by atoms with Crippen molar-refractivity contribution in [3.05, 3.63) is 65.7 Å². The van der Waals surface area contributed by atoms with Crippen LogP contribution in [0, 0.1) is 0 Å². The predicted octanol–water partition coefficient (Wildman–Crippen LogP) is 4.02. The molecule has 1 aliphatic heterocycles. The first kappa shape index (κ1) is 15.8. The predicted molar refractivity (Wildman–Crippen MR) is 94.4 cm³/mol. The van der Waals surface area contributed by atoms with Crippen molar-refractivity contribution in [1.29, 1.82) is 0 Å². The number of carbonyl (C=O) groups is 1. The van der Waals surface area contributed by atoms with Crippen LogP contribution in [0.25, 0.3) is 0 Å². The topological polar surface area (TPSA) is 32.3 Å². The second-order valence-corrected chi connectivity index (χ2v) is 6.34. The Morgan fingerprint density at radius 3 is 2.30 bits per heavy atom. The Hall–Kier alpha value is -2.13. The Morgan fingerprint density at radius 2 is 1.70 bits per heavy atom. The van der Waals surface area contributed by atoms with Gasteiger partial charge in [-0.25, -0.2) is 0 Å². The van der Waals surface area contributed by atoms with Crippen molar-refractivity contribution in [2.24, 2.45) is 0 Å². The van der Waals surface area contributed by atoms with Crippen LogP contribution in [-0.4, -0.2) is 23.9 Å². The van der Waals surface area contributed by atoms with Gasteiger partial charge in [-0.15, -0.1) is 0 Å². The highest BCUT2D eigenvalue weighted by Crippen LogP contribution is 2.28. The Kier molecular flexibility index (Phi) is 5.09. The molecule has 3 heteroatoms. The number of benzene rings is 2. The molecule has 2 aromatic rings. The molecule has 0 atom stereocenters. The molecule has 120 valence electrons. The van der Waals surface area contributed by atoms with E-state index in [1.807, 2.05) is 12.1 Å². The molecule has 23 heavy (non-hydrogen) atoms. The molecule has 1 amide bonds. The number of anilines is 1. The van der Waals surface area contributed by atoms with Crippen molar-refractivity contribution < 1.29 is 4.79 Å². The molecule has 0 radical (unpaired) electrons. The number of rotatable bonds is 4. The number of amides is 1. The van der Waals surface area contributed by atoms with Crippen LogP contribution in [0.4, 0.5) is 5.69 Å². The van der Waals surface area contributed by atoms with E-state index in [1.165, 1.54) is 30.9 Å². The van der Waals surface area contributed by atoms with E-state index in [0.717, 1.165) is 25.3 Å². The number of likely N-dealkylation sites (tertiary alicyclic amines) is 1. The number of piperidine rings is 1. The first-order valence-electron chi connectivity index (χ1n) is 8.34. The minimum Gasteiger partial charge on any atom is -0.326 e. The Balaban J connectivity index is 1.51. The van der Waals surface area contributed by atoms with E-state index in [4.69, 9.17) is 0 Å². The lowest BCUT2D eigenvalue weighted by molar-refractivity contribution is -0.114. The molecule has 1 heterocycles. The van der Waals surface area contributed by atoms with Crippen LogP contribution in [0.15, 0.2) is 54.6 Å². The summed E-state index contributed by atoms with van der Waals surface area (Å²) in [5.74, 6) is 0.676. The van der Waals surface area contributed by atoms with E-state index in [1.54, 1.807) is 0 Å². The molecular formula is C20H24N2O. The molecule has 1 aliphatic rings. The van der Waals surface area contributed by atoms with E-state index < -0.39 is 0 Å². The lowest BCUT2D eigenvalue weighted by Gasteiger charge is -2.32. The fourth-order valence-corrected chi connectivity index (χ4v) is 3.30. The molecule has 3 nitrogen and oxygen atoms in total. The summed E-state index contributed by atoms with van der Waals surface area (Å²) in [5, 5.41) is 2.81. The molecule has 0 aliphatic carbocycles. The smallest absolute Gasteiger partial charge is 0.221 e. The Labute approximate surface area is 138 Å². The normalized spacial score (nSPS) is 16.2. The van der Waals surface area contributed by atoms with Crippen molar-refractivity contribution in [2.45, 2.75) is 32.2 Å². The zero-order chi connectivity index (χ0) is 16.1. The van der Waals surface area contributed by atoms with Gasteiger partial charge in [0.25, 0.3) is 0 Å². The minimum atomic E-state index is -0.0271. The largest absolute Gasteiger partial charge is 0.326 e. The molecule has 2 aromatic carbocycles. The van der Waals surface area contributed by atoms with Crippen LogP contribution >= 0.6 is 0 Å². The highest BCUT2D eigenvalue weighted by molar-refractivity contribution is 5.88. The standard InChI is InChI=1S/C20H24N2O/c1-16(23)21-20-9-7-17(8-10-20)15-22-13-11-19(12-14-22)18-5-3-2-4-6-18/h2-10,19H,11-15H2,1H3,(H,21,23). The third kappa shape index (κ3) is 4.42.